The first-order chi connectivity index (χ1) is 14.6. The second kappa shape index (κ2) is 9.03. The average Bonchev–Trinajstić information content (AvgIpc) is 3.27. The fourth-order valence-corrected chi connectivity index (χ4v) is 3.63. The number of hydrogen-bond acceptors (Lipinski definition) is 5. The third kappa shape index (κ3) is 4.64. The van der Waals surface area contributed by atoms with Crippen LogP contribution in [0.15, 0.2) is 60.9 Å². The van der Waals surface area contributed by atoms with Gasteiger partial charge in [0, 0.05) is 18.3 Å². The number of H-pyrrole nitrogens is 1. The zero-order chi connectivity index (χ0) is 20.9. The zero-order valence-electron chi connectivity index (χ0n) is 17.4. The molecule has 0 aliphatic carbocycles. The molecule has 0 amide bonds. The molecule has 1 fully saturated rings. The van der Waals surface area contributed by atoms with Crippen LogP contribution in [0.3, 0.4) is 0 Å². The van der Waals surface area contributed by atoms with Crippen molar-refractivity contribution in [3.63, 3.8) is 0 Å². The van der Waals surface area contributed by atoms with Crippen molar-refractivity contribution in [2.45, 2.75) is 32.3 Å². The van der Waals surface area contributed by atoms with Crippen LogP contribution in [0.2, 0.25) is 0 Å². The summed E-state index contributed by atoms with van der Waals surface area (Å²) in [6.07, 6.45) is 3.85. The highest BCUT2D eigenvalue weighted by atomic mass is 16.5. The van der Waals surface area contributed by atoms with Crippen molar-refractivity contribution in [1.29, 1.82) is 0 Å². The fourth-order valence-electron chi connectivity index (χ4n) is 3.63. The average molecular weight is 405 g/mol. The number of carbonyl (C=O) groups excluding carboxylic acids is 1. The van der Waals surface area contributed by atoms with E-state index >= 15 is 0 Å². The maximum absolute atomic E-state index is 12.3. The Hall–Kier alpha value is -3.28. The molecule has 0 unspecified atom stereocenters. The lowest BCUT2D eigenvalue weighted by molar-refractivity contribution is 0.0975. The molecule has 1 saturated heterocycles. The van der Waals surface area contributed by atoms with E-state index in [1.54, 1.807) is 12.4 Å². The Balaban J connectivity index is 1.26. The number of rotatable bonds is 9. The maximum Gasteiger partial charge on any atom is 0.166 e. The highest BCUT2D eigenvalue weighted by molar-refractivity contribution is 5.96. The van der Waals surface area contributed by atoms with Crippen LogP contribution in [0.5, 0.6) is 11.5 Å². The SMILES string of the molecule is CCOc1ccc(N2CC(Oc3ccc([C@H](C)CC(=O)c4cn[nH]c4)cc3)C2)cc1. The summed E-state index contributed by atoms with van der Waals surface area (Å²) in [5.41, 5.74) is 2.94. The van der Waals surface area contributed by atoms with E-state index in [9.17, 15) is 4.79 Å². The van der Waals surface area contributed by atoms with Crippen molar-refractivity contribution in [1.82, 2.24) is 10.2 Å². The molecule has 156 valence electrons. The summed E-state index contributed by atoms with van der Waals surface area (Å²) >= 11 is 0. The number of nitrogens with zero attached hydrogens (tertiary/aromatic N) is 2. The molecule has 6 nitrogen and oxygen atoms in total. The number of carbonyl (C=O) groups is 1. The van der Waals surface area contributed by atoms with Crippen molar-refractivity contribution in [2.75, 3.05) is 24.6 Å². The van der Waals surface area contributed by atoms with Gasteiger partial charge in [-0.25, -0.2) is 0 Å². The summed E-state index contributed by atoms with van der Waals surface area (Å²) in [7, 11) is 0. The minimum Gasteiger partial charge on any atom is -0.494 e. The van der Waals surface area contributed by atoms with Crippen molar-refractivity contribution in [3.8, 4) is 11.5 Å². The van der Waals surface area contributed by atoms with Crippen LogP contribution in [0.1, 0.15) is 42.1 Å². The van der Waals surface area contributed by atoms with Crippen molar-refractivity contribution >= 4 is 11.5 Å². The zero-order valence-corrected chi connectivity index (χ0v) is 17.4. The number of aromatic amines is 1. The molecule has 30 heavy (non-hydrogen) atoms. The number of anilines is 1. The summed E-state index contributed by atoms with van der Waals surface area (Å²) in [6, 6.07) is 16.3. The molecule has 0 spiro atoms. The molecule has 1 N–H and O–H groups in total. The number of ether oxygens (including phenoxy) is 2. The Bertz CT molecular complexity index is 946. The third-order valence-electron chi connectivity index (χ3n) is 5.42. The fraction of sp³-hybridized carbons (Fsp3) is 0.333. The predicted molar refractivity (Wildman–Crippen MR) is 117 cm³/mol. The van der Waals surface area contributed by atoms with Gasteiger partial charge in [-0.3, -0.25) is 9.89 Å². The molecule has 0 saturated carbocycles. The minimum atomic E-state index is 0.0976. The minimum absolute atomic E-state index is 0.0976. The van der Waals surface area contributed by atoms with E-state index in [4.69, 9.17) is 9.47 Å². The topological polar surface area (TPSA) is 67.5 Å². The van der Waals surface area contributed by atoms with E-state index in [-0.39, 0.29) is 17.8 Å². The van der Waals surface area contributed by atoms with Gasteiger partial charge in [0.15, 0.2) is 5.78 Å². The maximum atomic E-state index is 12.3. The van der Waals surface area contributed by atoms with Gasteiger partial charge in [-0.15, -0.1) is 0 Å². The van der Waals surface area contributed by atoms with Crippen molar-refractivity contribution in [2.24, 2.45) is 0 Å². The van der Waals surface area contributed by atoms with Crippen LogP contribution < -0.4 is 14.4 Å². The molecule has 0 radical (unpaired) electrons. The summed E-state index contributed by atoms with van der Waals surface area (Å²) in [4.78, 5) is 14.5. The molecule has 1 aromatic heterocycles. The van der Waals surface area contributed by atoms with E-state index in [0.717, 1.165) is 30.2 Å². The Kier molecular flexibility index (Phi) is 6.02. The van der Waals surface area contributed by atoms with Crippen LogP contribution in [-0.2, 0) is 0 Å². The number of aromatic nitrogens is 2. The van der Waals surface area contributed by atoms with E-state index < -0.39 is 0 Å². The number of hydrogen-bond donors (Lipinski definition) is 1. The third-order valence-corrected chi connectivity index (χ3v) is 5.42. The summed E-state index contributed by atoms with van der Waals surface area (Å²) in [6.45, 7) is 6.46. The summed E-state index contributed by atoms with van der Waals surface area (Å²) in [5, 5.41) is 6.53. The monoisotopic (exact) mass is 405 g/mol. The van der Waals surface area contributed by atoms with Gasteiger partial charge in [-0.2, -0.15) is 5.10 Å². The highest BCUT2D eigenvalue weighted by Crippen LogP contribution is 2.28. The standard InChI is InChI=1S/C24H27N3O3/c1-3-29-21-10-6-20(7-11-21)27-15-23(16-27)30-22-8-4-18(5-9-22)17(2)12-24(28)19-13-25-26-14-19/h4-11,13-14,17,23H,3,12,15-16H2,1-2H3,(H,25,26)/t17-/m1/s1. The normalized spacial score (nSPS) is 14.8. The lowest BCUT2D eigenvalue weighted by Crippen LogP contribution is -2.54. The molecule has 0 bridgehead atoms. The molecule has 3 aromatic rings. The predicted octanol–water partition coefficient (Wildman–Crippen LogP) is 4.45. The Morgan fingerprint density at radius 2 is 1.83 bits per heavy atom. The molecule has 1 aliphatic rings. The van der Waals surface area contributed by atoms with Gasteiger partial charge in [-0.05, 0) is 54.8 Å². The van der Waals surface area contributed by atoms with Gasteiger partial charge >= 0.3 is 0 Å². The second-order valence-corrected chi connectivity index (χ2v) is 7.66. The number of benzene rings is 2. The van der Waals surface area contributed by atoms with E-state index in [0.29, 0.717) is 18.6 Å². The first-order valence-corrected chi connectivity index (χ1v) is 10.4. The van der Waals surface area contributed by atoms with Gasteiger partial charge in [0.25, 0.3) is 0 Å². The molecule has 1 atom stereocenters. The van der Waals surface area contributed by atoms with Gasteiger partial charge < -0.3 is 14.4 Å². The van der Waals surface area contributed by atoms with Crippen LogP contribution in [0.25, 0.3) is 0 Å². The van der Waals surface area contributed by atoms with Gasteiger partial charge in [-0.1, -0.05) is 19.1 Å². The first kappa shape index (κ1) is 20.0. The number of ketones is 1. The van der Waals surface area contributed by atoms with E-state index in [2.05, 4.69) is 34.2 Å². The molecule has 2 aromatic carbocycles. The summed E-state index contributed by atoms with van der Waals surface area (Å²) < 4.78 is 11.6. The highest BCUT2D eigenvalue weighted by Gasteiger charge is 2.28. The Labute approximate surface area is 176 Å². The summed E-state index contributed by atoms with van der Waals surface area (Å²) in [5.74, 6) is 2.00. The van der Waals surface area contributed by atoms with Crippen molar-refractivity contribution < 1.29 is 14.3 Å². The smallest absolute Gasteiger partial charge is 0.166 e. The van der Waals surface area contributed by atoms with E-state index in [1.165, 1.54) is 5.69 Å². The quantitative estimate of drug-likeness (QED) is 0.533. The first-order valence-electron chi connectivity index (χ1n) is 10.4. The largest absolute Gasteiger partial charge is 0.494 e. The molecule has 1 aliphatic heterocycles. The van der Waals surface area contributed by atoms with Crippen molar-refractivity contribution in [3.05, 3.63) is 72.1 Å². The van der Waals surface area contributed by atoms with Gasteiger partial charge in [0.2, 0.25) is 0 Å². The molecular weight excluding hydrogens is 378 g/mol. The van der Waals surface area contributed by atoms with Gasteiger partial charge in [0.05, 0.1) is 31.5 Å². The molecule has 4 rings (SSSR count). The molecular formula is C24H27N3O3. The Morgan fingerprint density at radius 1 is 1.13 bits per heavy atom. The second-order valence-electron chi connectivity index (χ2n) is 7.66. The number of nitrogens with one attached hydrogen (secondary N) is 1. The van der Waals surface area contributed by atoms with E-state index in [1.807, 2.05) is 43.3 Å². The molecule has 2 heterocycles. The lowest BCUT2D eigenvalue weighted by atomic mass is 9.94. The number of Topliss-reactive ketones (excluding diaryl/α,β-unsaturated/α-hetero) is 1. The van der Waals surface area contributed by atoms with Crippen LogP contribution in [0, 0.1) is 0 Å². The van der Waals surface area contributed by atoms with Crippen LogP contribution >= 0.6 is 0 Å². The van der Waals surface area contributed by atoms with Gasteiger partial charge in [0.1, 0.15) is 17.6 Å². The lowest BCUT2D eigenvalue weighted by Gasteiger charge is -2.40. The van der Waals surface area contributed by atoms with Crippen LogP contribution in [0.4, 0.5) is 5.69 Å². The Morgan fingerprint density at radius 3 is 2.47 bits per heavy atom. The molecule has 6 heteroatoms. The van der Waals surface area contributed by atoms with Crippen LogP contribution in [-0.4, -0.2) is 41.8 Å².